The molecule has 0 bridgehead atoms. The molecule has 0 saturated carbocycles. The summed E-state index contributed by atoms with van der Waals surface area (Å²) >= 11 is 0. The van der Waals surface area contributed by atoms with Crippen LogP contribution in [0, 0.1) is 0 Å². The van der Waals surface area contributed by atoms with Gasteiger partial charge in [-0.3, -0.25) is 14.6 Å². The van der Waals surface area contributed by atoms with Crippen LogP contribution in [0.1, 0.15) is 18.5 Å². The lowest BCUT2D eigenvalue weighted by Gasteiger charge is -2.20. The normalized spacial score (nSPS) is 11.9. The van der Waals surface area contributed by atoms with Gasteiger partial charge < -0.3 is 16.4 Å². The third-order valence-corrected chi connectivity index (χ3v) is 4.85. The minimum absolute atomic E-state index is 0.147. The average molecular weight is 384 g/mol. The Hall–Kier alpha value is -3.93. The average Bonchev–Trinajstić information content (AvgIpc) is 2.76. The number of hydrogen-bond acceptors (Lipinski definition) is 6. The number of benzene rings is 2. The SMILES string of the molecule is CC(Nc1c(Nc2ccncc2)c(=O)c1=O)c1ccc(-c2cccc(N)c2)cc1. The van der Waals surface area contributed by atoms with Gasteiger partial charge in [-0.1, -0.05) is 36.4 Å². The number of pyridine rings is 1. The Balaban J connectivity index is 1.51. The summed E-state index contributed by atoms with van der Waals surface area (Å²) < 4.78 is 0. The van der Waals surface area contributed by atoms with Crippen molar-refractivity contribution >= 4 is 22.7 Å². The first-order valence-electron chi connectivity index (χ1n) is 9.25. The second-order valence-electron chi connectivity index (χ2n) is 6.88. The molecule has 0 amide bonds. The first-order chi connectivity index (χ1) is 14.0. The summed E-state index contributed by atoms with van der Waals surface area (Å²) in [5.74, 6) is 0. The first kappa shape index (κ1) is 18.4. The van der Waals surface area contributed by atoms with Gasteiger partial charge in [0.25, 0.3) is 10.9 Å². The molecule has 0 radical (unpaired) electrons. The zero-order valence-electron chi connectivity index (χ0n) is 15.8. The molecule has 29 heavy (non-hydrogen) atoms. The molecule has 0 aliphatic rings. The van der Waals surface area contributed by atoms with Crippen LogP contribution in [0.2, 0.25) is 0 Å². The van der Waals surface area contributed by atoms with Gasteiger partial charge in [0.2, 0.25) is 0 Å². The minimum atomic E-state index is -0.520. The molecule has 0 fully saturated rings. The zero-order valence-corrected chi connectivity index (χ0v) is 15.8. The zero-order chi connectivity index (χ0) is 20.4. The summed E-state index contributed by atoms with van der Waals surface area (Å²) in [6.45, 7) is 1.95. The van der Waals surface area contributed by atoms with Crippen molar-refractivity contribution in [1.29, 1.82) is 0 Å². The summed E-state index contributed by atoms with van der Waals surface area (Å²) in [5, 5.41) is 6.16. The predicted molar refractivity (Wildman–Crippen MR) is 117 cm³/mol. The van der Waals surface area contributed by atoms with E-state index >= 15 is 0 Å². The third kappa shape index (κ3) is 3.73. The summed E-state index contributed by atoms with van der Waals surface area (Å²) in [4.78, 5) is 28.0. The summed E-state index contributed by atoms with van der Waals surface area (Å²) in [6, 6.07) is 19.1. The molecule has 144 valence electrons. The van der Waals surface area contributed by atoms with Crippen LogP contribution < -0.4 is 27.2 Å². The Morgan fingerprint density at radius 1 is 0.862 bits per heavy atom. The lowest BCUT2D eigenvalue weighted by Crippen LogP contribution is -2.37. The Labute approximate surface area is 167 Å². The molecule has 6 nitrogen and oxygen atoms in total. The van der Waals surface area contributed by atoms with E-state index in [-0.39, 0.29) is 11.7 Å². The fraction of sp³-hybridized carbons (Fsp3) is 0.0870. The molecular formula is C23H20N4O2. The number of aromatic nitrogens is 1. The molecule has 0 spiro atoms. The van der Waals surface area contributed by atoms with E-state index in [2.05, 4.69) is 15.6 Å². The third-order valence-electron chi connectivity index (χ3n) is 4.85. The van der Waals surface area contributed by atoms with Gasteiger partial charge in [-0.2, -0.15) is 0 Å². The highest BCUT2D eigenvalue weighted by Gasteiger charge is 2.22. The van der Waals surface area contributed by atoms with Gasteiger partial charge in [-0.25, -0.2) is 0 Å². The summed E-state index contributed by atoms with van der Waals surface area (Å²) in [6.07, 6.45) is 3.23. The van der Waals surface area contributed by atoms with Crippen LogP contribution in [-0.4, -0.2) is 4.98 Å². The van der Waals surface area contributed by atoms with E-state index in [0.29, 0.717) is 11.4 Å². The molecule has 4 rings (SSSR count). The van der Waals surface area contributed by atoms with Crippen LogP contribution in [0.5, 0.6) is 0 Å². The fourth-order valence-electron chi connectivity index (χ4n) is 3.21. The number of rotatable bonds is 6. The van der Waals surface area contributed by atoms with E-state index in [1.807, 2.05) is 55.5 Å². The fourth-order valence-corrected chi connectivity index (χ4v) is 3.21. The maximum atomic E-state index is 12.1. The molecule has 6 heteroatoms. The number of nitrogens with zero attached hydrogens (tertiary/aromatic N) is 1. The van der Waals surface area contributed by atoms with Crippen molar-refractivity contribution in [2.75, 3.05) is 16.4 Å². The molecule has 4 aromatic rings. The molecule has 0 aliphatic heterocycles. The van der Waals surface area contributed by atoms with E-state index < -0.39 is 10.9 Å². The van der Waals surface area contributed by atoms with Crippen LogP contribution >= 0.6 is 0 Å². The van der Waals surface area contributed by atoms with E-state index in [9.17, 15) is 9.59 Å². The maximum Gasteiger partial charge on any atom is 0.253 e. The van der Waals surface area contributed by atoms with Gasteiger partial charge in [-0.05, 0) is 47.9 Å². The predicted octanol–water partition coefficient (Wildman–Crippen LogP) is 3.84. The number of nitrogens with one attached hydrogen (secondary N) is 2. The highest BCUT2D eigenvalue weighted by molar-refractivity contribution is 5.79. The van der Waals surface area contributed by atoms with Crippen molar-refractivity contribution in [3.8, 4) is 11.1 Å². The van der Waals surface area contributed by atoms with E-state index in [4.69, 9.17) is 5.73 Å². The van der Waals surface area contributed by atoms with Crippen molar-refractivity contribution in [1.82, 2.24) is 4.98 Å². The van der Waals surface area contributed by atoms with E-state index in [1.165, 1.54) is 0 Å². The van der Waals surface area contributed by atoms with Gasteiger partial charge in [0.1, 0.15) is 11.4 Å². The second kappa shape index (κ2) is 7.59. The standard InChI is InChI=1S/C23H20N4O2/c1-14(15-5-7-16(8-6-15)17-3-2-4-18(24)13-17)26-20-21(23(29)22(20)28)27-19-9-11-25-12-10-19/h2-14,26H,24H2,1H3,(H,25,27). The van der Waals surface area contributed by atoms with Crippen LogP contribution in [0.15, 0.2) is 82.6 Å². The summed E-state index contributed by atoms with van der Waals surface area (Å²) in [7, 11) is 0. The molecule has 1 heterocycles. The lowest BCUT2D eigenvalue weighted by molar-refractivity contribution is 0.880. The monoisotopic (exact) mass is 384 g/mol. The van der Waals surface area contributed by atoms with E-state index in [0.717, 1.165) is 22.4 Å². The Morgan fingerprint density at radius 2 is 1.55 bits per heavy atom. The lowest BCUT2D eigenvalue weighted by atomic mass is 10.0. The number of nitrogens with two attached hydrogens (primary N) is 1. The van der Waals surface area contributed by atoms with Gasteiger partial charge in [0.15, 0.2) is 0 Å². The Morgan fingerprint density at radius 3 is 2.24 bits per heavy atom. The van der Waals surface area contributed by atoms with Crippen molar-refractivity contribution in [2.24, 2.45) is 0 Å². The Kier molecular flexibility index (Phi) is 4.83. The highest BCUT2D eigenvalue weighted by atomic mass is 16.2. The first-order valence-corrected chi connectivity index (χ1v) is 9.25. The molecular weight excluding hydrogens is 364 g/mol. The second-order valence-corrected chi connectivity index (χ2v) is 6.88. The Bertz CT molecular complexity index is 1210. The van der Waals surface area contributed by atoms with Crippen LogP contribution in [0.25, 0.3) is 11.1 Å². The molecule has 3 aromatic carbocycles. The number of nitrogen functional groups attached to an aromatic ring is 1. The van der Waals surface area contributed by atoms with Crippen LogP contribution in [0.3, 0.4) is 0 Å². The topological polar surface area (TPSA) is 97.1 Å². The van der Waals surface area contributed by atoms with Gasteiger partial charge in [-0.15, -0.1) is 0 Å². The molecule has 1 atom stereocenters. The largest absolute Gasteiger partial charge is 0.399 e. The smallest absolute Gasteiger partial charge is 0.253 e. The van der Waals surface area contributed by atoms with Crippen molar-refractivity contribution in [3.05, 3.63) is 99.1 Å². The molecule has 4 N–H and O–H groups in total. The van der Waals surface area contributed by atoms with Crippen molar-refractivity contribution < 1.29 is 0 Å². The minimum Gasteiger partial charge on any atom is -0.399 e. The van der Waals surface area contributed by atoms with E-state index in [1.54, 1.807) is 24.5 Å². The van der Waals surface area contributed by atoms with Crippen LogP contribution in [-0.2, 0) is 0 Å². The maximum absolute atomic E-state index is 12.1. The molecule has 1 unspecified atom stereocenters. The molecule has 0 saturated heterocycles. The summed E-state index contributed by atoms with van der Waals surface area (Å²) in [5.41, 5.74) is 9.94. The van der Waals surface area contributed by atoms with Crippen molar-refractivity contribution in [3.63, 3.8) is 0 Å². The van der Waals surface area contributed by atoms with Crippen LogP contribution in [0.4, 0.5) is 22.7 Å². The van der Waals surface area contributed by atoms with Gasteiger partial charge >= 0.3 is 0 Å². The quantitative estimate of drug-likeness (QED) is 0.345. The number of anilines is 4. The van der Waals surface area contributed by atoms with Crippen molar-refractivity contribution in [2.45, 2.75) is 13.0 Å². The highest BCUT2D eigenvalue weighted by Crippen LogP contribution is 2.27. The van der Waals surface area contributed by atoms with Gasteiger partial charge in [0.05, 0.1) is 0 Å². The van der Waals surface area contributed by atoms with Gasteiger partial charge in [0, 0.05) is 29.8 Å². The molecule has 0 aliphatic carbocycles. The number of hydrogen-bond donors (Lipinski definition) is 3. The molecule has 1 aromatic heterocycles.